The van der Waals surface area contributed by atoms with Crippen LogP contribution in [0.15, 0.2) is 24.3 Å². The Hall–Kier alpha value is -1.68. The average Bonchev–Trinajstić information content (AvgIpc) is 2.54. The number of halogens is 1. The highest BCUT2D eigenvalue weighted by Crippen LogP contribution is 2.22. The SMILES string of the molecule is Cc1nn(C)c(COc2ccc(O)cc2)c1Cl. The Labute approximate surface area is 104 Å². The van der Waals surface area contributed by atoms with E-state index in [0.717, 1.165) is 11.4 Å². The quantitative estimate of drug-likeness (QED) is 0.914. The fourth-order valence-corrected chi connectivity index (χ4v) is 1.75. The number of rotatable bonds is 3. The molecule has 0 bridgehead atoms. The van der Waals surface area contributed by atoms with E-state index in [1.807, 2.05) is 14.0 Å². The summed E-state index contributed by atoms with van der Waals surface area (Å²) in [6.45, 7) is 2.20. The van der Waals surface area contributed by atoms with Gasteiger partial charge in [0.05, 0.1) is 16.4 Å². The summed E-state index contributed by atoms with van der Waals surface area (Å²) in [6.07, 6.45) is 0. The molecule has 2 aromatic rings. The summed E-state index contributed by atoms with van der Waals surface area (Å²) in [4.78, 5) is 0. The lowest BCUT2D eigenvalue weighted by Gasteiger charge is -2.06. The van der Waals surface area contributed by atoms with Gasteiger partial charge in [-0.05, 0) is 31.2 Å². The van der Waals surface area contributed by atoms with Gasteiger partial charge in [0, 0.05) is 7.05 Å². The topological polar surface area (TPSA) is 47.3 Å². The molecule has 90 valence electrons. The summed E-state index contributed by atoms with van der Waals surface area (Å²) in [5, 5.41) is 14.0. The molecule has 2 rings (SSSR count). The van der Waals surface area contributed by atoms with E-state index < -0.39 is 0 Å². The van der Waals surface area contributed by atoms with E-state index in [1.165, 1.54) is 0 Å². The largest absolute Gasteiger partial charge is 0.508 e. The summed E-state index contributed by atoms with van der Waals surface area (Å²) in [6, 6.07) is 6.55. The smallest absolute Gasteiger partial charge is 0.131 e. The Bertz CT molecular complexity index is 520. The number of phenols is 1. The van der Waals surface area contributed by atoms with Crippen molar-refractivity contribution in [2.45, 2.75) is 13.5 Å². The van der Waals surface area contributed by atoms with Crippen molar-refractivity contribution >= 4 is 11.6 Å². The zero-order valence-corrected chi connectivity index (χ0v) is 10.4. The molecule has 0 spiro atoms. The van der Waals surface area contributed by atoms with E-state index in [9.17, 15) is 0 Å². The first kappa shape index (κ1) is 11.8. The minimum atomic E-state index is 0.215. The van der Waals surface area contributed by atoms with Crippen LogP contribution in [0.4, 0.5) is 0 Å². The molecule has 0 aliphatic carbocycles. The third kappa shape index (κ3) is 2.53. The second-order valence-corrected chi connectivity index (χ2v) is 4.13. The van der Waals surface area contributed by atoms with Crippen LogP contribution in [0.5, 0.6) is 11.5 Å². The molecular weight excluding hydrogens is 240 g/mol. The predicted octanol–water partition coefficient (Wildman–Crippen LogP) is 2.67. The van der Waals surface area contributed by atoms with Gasteiger partial charge in [-0.1, -0.05) is 11.6 Å². The van der Waals surface area contributed by atoms with Crippen molar-refractivity contribution in [3.8, 4) is 11.5 Å². The summed E-state index contributed by atoms with van der Waals surface area (Å²) in [5.74, 6) is 0.893. The number of hydrogen-bond donors (Lipinski definition) is 1. The van der Waals surface area contributed by atoms with Gasteiger partial charge in [0.1, 0.15) is 18.1 Å². The van der Waals surface area contributed by atoms with Gasteiger partial charge in [-0.25, -0.2) is 0 Å². The molecule has 0 saturated carbocycles. The van der Waals surface area contributed by atoms with Crippen LogP contribution in [-0.2, 0) is 13.7 Å². The number of nitrogens with zero attached hydrogens (tertiary/aromatic N) is 2. The monoisotopic (exact) mass is 252 g/mol. The van der Waals surface area contributed by atoms with Gasteiger partial charge < -0.3 is 9.84 Å². The zero-order valence-electron chi connectivity index (χ0n) is 9.64. The number of ether oxygens (including phenoxy) is 1. The van der Waals surface area contributed by atoms with Crippen LogP contribution in [0.25, 0.3) is 0 Å². The minimum Gasteiger partial charge on any atom is -0.508 e. The molecule has 17 heavy (non-hydrogen) atoms. The Morgan fingerprint density at radius 3 is 2.53 bits per heavy atom. The van der Waals surface area contributed by atoms with E-state index >= 15 is 0 Å². The van der Waals surface area contributed by atoms with E-state index in [-0.39, 0.29) is 5.75 Å². The zero-order chi connectivity index (χ0) is 12.4. The van der Waals surface area contributed by atoms with Crippen molar-refractivity contribution in [2.75, 3.05) is 0 Å². The molecule has 0 unspecified atom stereocenters. The molecule has 5 heteroatoms. The van der Waals surface area contributed by atoms with Crippen molar-refractivity contribution in [3.63, 3.8) is 0 Å². The number of hydrogen-bond acceptors (Lipinski definition) is 3. The first-order valence-electron chi connectivity index (χ1n) is 5.17. The van der Waals surface area contributed by atoms with E-state index in [0.29, 0.717) is 17.4 Å². The first-order chi connectivity index (χ1) is 8.08. The van der Waals surface area contributed by atoms with Crippen LogP contribution >= 0.6 is 11.6 Å². The van der Waals surface area contributed by atoms with Crippen molar-refractivity contribution in [2.24, 2.45) is 7.05 Å². The maximum absolute atomic E-state index is 9.14. The third-order valence-electron chi connectivity index (χ3n) is 2.47. The van der Waals surface area contributed by atoms with Crippen molar-refractivity contribution in [1.29, 1.82) is 0 Å². The van der Waals surface area contributed by atoms with Gasteiger partial charge in [-0.3, -0.25) is 4.68 Å². The predicted molar refractivity (Wildman–Crippen MR) is 65.4 cm³/mol. The van der Waals surface area contributed by atoms with Gasteiger partial charge in [-0.2, -0.15) is 5.10 Å². The Morgan fingerprint density at radius 2 is 2.00 bits per heavy atom. The van der Waals surface area contributed by atoms with E-state index in [1.54, 1.807) is 28.9 Å². The molecule has 0 atom stereocenters. The van der Waals surface area contributed by atoms with Crippen LogP contribution < -0.4 is 4.74 Å². The third-order valence-corrected chi connectivity index (χ3v) is 2.97. The minimum absolute atomic E-state index is 0.215. The Morgan fingerprint density at radius 1 is 1.35 bits per heavy atom. The molecular formula is C12H13ClN2O2. The Kier molecular flexibility index (Phi) is 3.24. The second kappa shape index (κ2) is 4.67. The van der Waals surface area contributed by atoms with E-state index in [4.69, 9.17) is 21.4 Å². The highest BCUT2D eigenvalue weighted by Gasteiger charge is 2.11. The molecule has 1 aromatic carbocycles. The van der Waals surface area contributed by atoms with Gasteiger partial charge in [-0.15, -0.1) is 0 Å². The van der Waals surface area contributed by atoms with Gasteiger partial charge in [0.2, 0.25) is 0 Å². The second-order valence-electron chi connectivity index (χ2n) is 3.75. The summed E-state index contributed by atoms with van der Waals surface area (Å²) < 4.78 is 7.27. The number of phenolic OH excluding ortho intramolecular Hbond substituents is 1. The molecule has 0 aliphatic heterocycles. The lowest BCUT2D eigenvalue weighted by Crippen LogP contribution is -2.03. The maximum Gasteiger partial charge on any atom is 0.131 e. The molecule has 1 aromatic heterocycles. The molecule has 4 nitrogen and oxygen atoms in total. The van der Waals surface area contributed by atoms with Crippen molar-refractivity contribution in [1.82, 2.24) is 9.78 Å². The molecule has 0 fully saturated rings. The van der Waals surface area contributed by atoms with Crippen molar-refractivity contribution in [3.05, 3.63) is 40.7 Å². The lowest BCUT2D eigenvalue weighted by molar-refractivity contribution is 0.294. The maximum atomic E-state index is 9.14. The molecule has 0 aliphatic rings. The van der Waals surface area contributed by atoms with Gasteiger partial charge in [0.15, 0.2) is 0 Å². The summed E-state index contributed by atoms with van der Waals surface area (Å²) in [7, 11) is 1.83. The number of aryl methyl sites for hydroxylation is 2. The highest BCUT2D eigenvalue weighted by molar-refractivity contribution is 6.31. The molecule has 0 saturated heterocycles. The highest BCUT2D eigenvalue weighted by atomic mass is 35.5. The van der Waals surface area contributed by atoms with Crippen molar-refractivity contribution < 1.29 is 9.84 Å². The number of benzene rings is 1. The Balaban J connectivity index is 2.09. The van der Waals surface area contributed by atoms with Crippen LogP contribution in [-0.4, -0.2) is 14.9 Å². The fraction of sp³-hybridized carbons (Fsp3) is 0.250. The number of aromatic nitrogens is 2. The van der Waals surface area contributed by atoms with Gasteiger partial charge >= 0.3 is 0 Å². The van der Waals surface area contributed by atoms with Crippen LogP contribution in [0.3, 0.4) is 0 Å². The summed E-state index contributed by atoms with van der Waals surface area (Å²) in [5.41, 5.74) is 1.62. The van der Waals surface area contributed by atoms with E-state index in [2.05, 4.69) is 5.10 Å². The fourth-order valence-electron chi connectivity index (χ4n) is 1.53. The summed E-state index contributed by atoms with van der Waals surface area (Å²) >= 11 is 6.10. The van der Waals surface area contributed by atoms with Crippen LogP contribution in [0.1, 0.15) is 11.4 Å². The van der Waals surface area contributed by atoms with Crippen LogP contribution in [0, 0.1) is 6.92 Å². The average molecular weight is 253 g/mol. The number of aromatic hydroxyl groups is 1. The standard InChI is InChI=1S/C12H13ClN2O2/c1-8-12(13)11(15(2)14-8)7-17-10-5-3-9(16)4-6-10/h3-6,16H,7H2,1-2H3. The normalized spacial score (nSPS) is 10.5. The first-order valence-corrected chi connectivity index (χ1v) is 5.55. The molecule has 0 radical (unpaired) electrons. The van der Waals surface area contributed by atoms with Crippen LogP contribution in [0.2, 0.25) is 5.02 Å². The molecule has 0 amide bonds. The molecule has 1 N–H and O–H groups in total. The van der Waals surface area contributed by atoms with Gasteiger partial charge in [0.25, 0.3) is 0 Å². The molecule has 1 heterocycles. The lowest BCUT2D eigenvalue weighted by atomic mass is 10.3.